The number of hydrogen-bond donors (Lipinski definition) is 0. The summed E-state index contributed by atoms with van der Waals surface area (Å²) in [5, 5.41) is 5.15. The van der Waals surface area contributed by atoms with Gasteiger partial charge in [-0.05, 0) is 71.7 Å². The molecule has 1 atom stereocenters. The molecule has 3 heterocycles. The number of aromatic nitrogens is 1. The van der Waals surface area contributed by atoms with E-state index in [4.69, 9.17) is 9.26 Å². The molecule has 1 aromatic carbocycles. The fraction of sp³-hybridized carbons (Fsp3) is 0.636. The van der Waals surface area contributed by atoms with Crippen LogP contribution in [0.4, 0.5) is 9.18 Å². The van der Waals surface area contributed by atoms with Crippen molar-refractivity contribution in [2.45, 2.75) is 64.0 Å². The predicted octanol–water partition coefficient (Wildman–Crippen LogP) is 4.55. The number of fused-ring (bicyclic) bond motifs is 1. The molecule has 2 fully saturated rings. The lowest BCUT2D eigenvalue weighted by Crippen LogP contribution is -2.53. The zero-order valence-corrected chi connectivity index (χ0v) is 17.5. The second kappa shape index (κ2) is 7.94. The number of hydrogen-bond acceptors (Lipinski definition) is 5. The molecule has 0 unspecified atom stereocenters. The van der Waals surface area contributed by atoms with E-state index in [0.29, 0.717) is 11.5 Å². The second-order valence-electron chi connectivity index (χ2n) is 9.23. The van der Waals surface area contributed by atoms with Crippen LogP contribution in [0.15, 0.2) is 22.7 Å². The van der Waals surface area contributed by atoms with Crippen LogP contribution in [0.3, 0.4) is 0 Å². The molecule has 158 valence electrons. The Labute approximate surface area is 171 Å². The number of ether oxygens (including phenoxy) is 1. The molecule has 1 amide bonds. The van der Waals surface area contributed by atoms with E-state index < -0.39 is 5.60 Å². The van der Waals surface area contributed by atoms with E-state index in [1.54, 1.807) is 6.07 Å². The first-order chi connectivity index (χ1) is 13.8. The fourth-order valence-corrected chi connectivity index (χ4v) is 4.29. The maximum Gasteiger partial charge on any atom is 0.410 e. The molecule has 29 heavy (non-hydrogen) atoms. The second-order valence-corrected chi connectivity index (χ2v) is 9.23. The molecule has 2 aromatic rings. The molecule has 6 nitrogen and oxygen atoms in total. The Kier molecular flexibility index (Phi) is 5.51. The molecule has 0 bridgehead atoms. The maximum absolute atomic E-state index is 13.4. The number of piperidine rings is 1. The molecular formula is C22H30FN3O3. The first kappa shape index (κ1) is 20.1. The zero-order valence-electron chi connectivity index (χ0n) is 17.5. The quantitative estimate of drug-likeness (QED) is 0.750. The third kappa shape index (κ3) is 4.55. The SMILES string of the molecule is CC(C)(C)OC(=O)N1CC[C@H]1CCN1CCC(c2noc3cc(F)ccc23)CC1. The molecule has 1 aromatic heterocycles. The van der Waals surface area contributed by atoms with E-state index in [2.05, 4.69) is 10.1 Å². The van der Waals surface area contributed by atoms with E-state index in [0.717, 1.165) is 62.9 Å². The number of carbonyl (C=O) groups is 1. The van der Waals surface area contributed by atoms with Crippen molar-refractivity contribution in [3.05, 3.63) is 29.7 Å². The highest BCUT2D eigenvalue weighted by atomic mass is 19.1. The van der Waals surface area contributed by atoms with Crippen molar-refractivity contribution in [1.82, 2.24) is 15.0 Å². The Morgan fingerprint density at radius 1 is 1.24 bits per heavy atom. The van der Waals surface area contributed by atoms with Gasteiger partial charge in [0.2, 0.25) is 0 Å². The van der Waals surface area contributed by atoms with Crippen molar-refractivity contribution in [2.75, 3.05) is 26.2 Å². The zero-order chi connectivity index (χ0) is 20.6. The normalized spacial score (nSPS) is 21.4. The van der Waals surface area contributed by atoms with Gasteiger partial charge in [0.25, 0.3) is 0 Å². The van der Waals surface area contributed by atoms with Crippen LogP contribution in [0.1, 0.15) is 58.1 Å². The molecule has 4 rings (SSSR count). The van der Waals surface area contributed by atoms with Crippen molar-refractivity contribution in [3.8, 4) is 0 Å². The third-order valence-corrected chi connectivity index (χ3v) is 5.99. The van der Waals surface area contributed by atoms with Crippen LogP contribution in [0.2, 0.25) is 0 Å². The standard InChI is InChI=1S/C22H30FN3O3/c1-22(2,3)28-21(27)26-13-9-17(26)8-12-25-10-6-15(7-11-25)20-18-5-4-16(23)14-19(18)29-24-20/h4-5,14-15,17H,6-13H2,1-3H3/t17-/m1/s1. The number of likely N-dealkylation sites (tertiary alicyclic amines) is 2. The summed E-state index contributed by atoms with van der Waals surface area (Å²) in [7, 11) is 0. The van der Waals surface area contributed by atoms with Crippen molar-refractivity contribution in [1.29, 1.82) is 0 Å². The number of halogens is 1. The smallest absolute Gasteiger partial charge is 0.410 e. The highest BCUT2D eigenvalue weighted by Crippen LogP contribution is 2.33. The van der Waals surface area contributed by atoms with Crippen LogP contribution in [0, 0.1) is 5.82 Å². The average Bonchev–Trinajstić information content (AvgIpc) is 3.02. The minimum absolute atomic E-state index is 0.193. The summed E-state index contributed by atoms with van der Waals surface area (Å²) in [6.07, 6.45) is 3.87. The van der Waals surface area contributed by atoms with Crippen LogP contribution in [0.5, 0.6) is 0 Å². The third-order valence-electron chi connectivity index (χ3n) is 5.99. The molecule has 0 aliphatic carbocycles. The van der Waals surface area contributed by atoms with Crippen LogP contribution in [-0.4, -0.2) is 58.9 Å². The monoisotopic (exact) mass is 403 g/mol. The molecule has 0 radical (unpaired) electrons. The minimum atomic E-state index is -0.448. The number of nitrogens with zero attached hydrogens (tertiary/aromatic N) is 3. The lowest BCUT2D eigenvalue weighted by Gasteiger charge is -2.42. The Morgan fingerprint density at radius 3 is 2.66 bits per heavy atom. The van der Waals surface area contributed by atoms with Crippen LogP contribution >= 0.6 is 0 Å². The van der Waals surface area contributed by atoms with Crippen molar-refractivity contribution in [3.63, 3.8) is 0 Å². The molecule has 7 heteroatoms. The Morgan fingerprint density at radius 2 is 2.00 bits per heavy atom. The van der Waals surface area contributed by atoms with Gasteiger partial charge in [-0.1, -0.05) is 5.16 Å². The van der Waals surface area contributed by atoms with Gasteiger partial charge in [-0.2, -0.15) is 0 Å². The number of amides is 1. The van der Waals surface area contributed by atoms with E-state index in [1.807, 2.05) is 25.7 Å². The topological polar surface area (TPSA) is 58.8 Å². The summed E-state index contributed by atoms with van der Waals surface area (Å²) in [5.74, 6) is 0.0476. The summed E-state index contributed by atoms with van der Waals surface area (Å²) < 4.78 is 24.2. The number of carbonyl (C=O) groups excluding carboxylic acids is 1. The Bertz CT molecular complexity index is 868. The highest BCUT2D eigenvalue weighted by molar-refractivity contribution is 5.79. The van der Waals surface area contributed by atoms with E-state index in [-0.39, 0.29) is 18.0 Å². The van der Waals surface area contributed by atoms with Gasteiger partial charge in [-0.3, -0.25) is 0 Å². The molecule has 0 spiro atoms. The summed E-state index contributed by atoms with van der Waals surface area (Å²) >= 11 is 0. The van der Waals surface area contributed by atoms with Gasteiger partial charge in [-0.15, -0.1) is 0 Å². The summed E-state index contributed by atoms with van der Waals surface area (Å²) in [6.45, 7) is 9.48. The van der Waals surface area contributed by atoms with E-state index in [9.17, 15) is 9.18 Å². The van der Waals surface area contributed by atoms with Gasteiger partial charge < -0.3 is 19.1 Å². The Balaban J connectivity index is 1.26. The largest absolute Gasteiger partial charge is 0.444 e. The van der Waals surface area contributed by atoms with E-state index in [1.165, 1.54) is 12.1 Å². The summed E-state index contributed by atoms with van der Waals surface area (Å²) in [6, 6.07) is 4.92. The van der Waals surface area contributed by atoms with E-state index >= 15 is 0 Å². The van der Waals surface area contributed by atoms with Gasteiger partial charge in [0, 0.05) is 36.5 Å². The molecule has 2 aliphatic heterocycles. The lowest BCUT2D eigenvalue weighted by molar-refractivity contribution is -0.00862. The molecule has 0 saturated carbocycles. The van der Waals surface area contributed by atoms with Crippen LogP contribution in [0.25, 0.3) is 11.0 Å². The first-order valence-electron chi connectivity index (χ1n) is 10.6. The molecule has 0 N–H and O–H groups in total. The van der Waals surface area contributed by atoms with Gasteiger partial charge in [0.1, 0.15) is 11.4 Å². The van der Waals surface area contributed by atoms with Crippen LogP contribution < -0.4 is 0 Å². The van der Waals surface area contributed by atoms with Gasteiger partial charge >= 0.3 is 6.09 Å². The van der Waals surface area contributed by atoms with Crippen molar-refractivity contribution in [2.24, 2.45) is 0 Å². The summed E-state index contributed by atoms with van der Waals surface area (Å²) in [4.78, 5) is 16.6. The fourth-order valence-electron chi connectivity index (χ4n) is 4.29. The van der Waals surface area contributed by atoms with Gasteiger partial charge in [0.05, 0.1) is 5.69 Å². The molecular weight excluding hydrogens is 373 g/mol. The maximum atomic E-state index is 13.4. The molecule has 2 saturated heterocycles. The van der Waals surface area contributed by atoms with Gasteiger partial charge in [0.15, 0.2) is 5.58 Å². The Hall–Kier alpha value is -2.15. The van der Waals surface area contributed by atoms with Crippen molar-refractivity contribution >= 4 is 17.1 Å². The average molecular weight is 403 g/mol. The first-order valence-corrected chi connectivity index (χ1v) is 10.6. The lowest BCUT2D eigenvalue weighted by atomic mass is 9.91. The minimum Gasteiger partial charge on any atom is -0.444 e. The number of rotatable bonds is 4. The summed E-state index contributed by atoms with van der Waals surface area (Å²) in [5.41, 5.74) is 1.03. The molecule has 2 aliphatic rings. The van der Waals surface area contributed by atoms with Gasteiger partial charge in [-0.25, -0.2) is 9.18 Å². The number of benzene rings is 1. The highest BCUT2D eigenvalue weighted by Gasteiger charge is 2.35. The van der Waals surface area contributed by atoms with Crippen molar-refractivity contribution < 1.29 is 18.4 Å². The van der Waals surface area contributed by atoms with Crippen LogP contribution in [-0.2, 0) is 4.74 Å². The predicted molar refractivity (Wildman–Crippen MR) is 108 cm³/mol.